The zero-order valence-electron chi connectivity index (χ0n) is 11.6. The lowest BCUT2D eigenvalue weighted by Gasteiger charge is -2.07. The second-order valence-electron chi connectivity index (χ2n) is 4.39. The van der Waals surface area contributed by atoms with Crippen molar-refractivity contribution in [1.82, 2.24) is 5.43 Å². The number of nitrogens with one attached hydrogen (secondary N) is 1. The smallest absolute Gasteiger partial charge is 0.307 e. The van der Waals surface area contributed by atoms with E-state index in [1.807, 2.05) is 6.92 Å². The highest BCUT2D eigenvalue weighted by molar-refractivity contribution is 6.37. The predicted molar refractivity (Wildman–Crippen MR) is 84.2 cm³/mol. The fraction of sp³-hybridized carbons (Fsp3) is 0.200. The minimum absolute atomic E-state index is 0.217. The molecule has 0 fully saturated rings. The second-order valence-corrected chi connectivity index (χ2v) is 5.23. The van der Waals surface area contributed by atoms with Crippen LogP contribution >= 0.6 is 23.2 Å². The van der Waals surface area contributed by atoms with Crippen LogP contribution in [-0.4, -0.2) is 11.6 Å². The summed E-state index contributed by atoms with van der Waals surface area (Å²) in [5, 5.41) is 5.16. The molecule has 0 radical (unpaired) electrons. The van der Waals surface area contributed by atoms with Crippen LogP contribution < -0.4 is 5.43 Å². The summed E-state index contributed by atoms with van der Waals surface area (Å²) in [6, 6.07) is 8.46. The number of aryl methyl sites for hydroxylation is 1. The highest BCUT2D eigenvalue weighted by atomic mass is 35.5. The second kappa shape index (κ2) is 6.78. The van der Waals surface area contributed by atoms with Crippen molar-refractivity contribution >= 4 is 34.8 Å². The third kappa shape index (κ3) is 3.86. The summed E-state index contributed by atoms with van der Waals surface area (Å²) in [7, 11) is 0. The van der Waals surface area contributed by atoms with Crippen molar-refractivity contribution in [1.29, 1.82) is 0 Å². The molecule has 0 atom stereocenters. The van der Waals surface area contributed by atoms with Gasteiger partial charge in [-0.3, -0.25) is 4.79 Å². The molecule has 1 aromatic carbocycles. The van der Waals surface area contributed by atoms with E-state index in [4.69, 9.17) is 27.6 Å². The van der Waals surface area contributed by atoms with E-state index >= 15 is 0 Å². The van der Waals surface area contributed by atoms with Crippen molar-refractivity contribution in [2.75, 3.05) is 0 Å². The molecule has 1 N–H and O–H groups in total. The van der Waals surface area contributed by atoms with Gasteiger partial charge in [-0.15, -0.1) is 0 Å². The average Bonchev–Trinajstić information content (AvgIpc) is 2.87. The van der Waals surface area contributed by atoms with E-state index in [-0.39, 0.29) is 5.76 Å². The maximum atomic E-state index is 11.9. The average molecular weight is 325 g/mol. The molecule has 0 saturated heterocycles. The quantitative estimate of drug-likeness (QED) is 0.667. The fourth-order valence-electron chi connectivity index (χ4n) is 1.78. The van der Waals surface area contributed by atoms with Gasteiger partial charge in [0.05, 0.1) is 10.7 Å². The summed E-state index contributed by atoms with van der Waals surface area (Å²) < 4.78 is 5.23. The number of amides is 1. The summed E-state index contributed by atoms with van der Waals surface area (Å²) in [5.74, 6) is 0.480. The lowest BCUT2D eigenvalue weighted by Crippen LogP contribution is -2.19. The van der Waals surface area contributed by atoms with Gasteiger partial charge in [-0.25, -0.2) is 5.43 Å². The molecule has 1 heterocycles. The minimum atomic E-state index is -0.404. The van der Waals surface area contributed by atoms with Gasteiger partial charge in [-0.1, -0.05) is 36.2 Å². The first kappa shape index (κ1) is 15.6. The Morgan fingerprint density at radius 3 is 2.62 bits per heavy atom. The molecule has 0 aliphatic carbocycles. The van der Waals surface area contributed by atoms with Crippen LogP contribution in [0.25, 0.3) is 0 Å². The highest BCUT2D eigenvalue weighted by Gasteiger charge is 2.11. The van der Waals surface area contributed by atoms with Crippen LogP contribution in [0.1, 0.15) is 35.2 Å². The molecule has 0 saturated carbocycles. The molecule has 1 amide bonds. The van der Waals surface area contributed by atoms with Crippen LogP contribution in [0.15, 0.2) is 39.9 Å². The summed E-state index contributed by atoms with van der Waals surface area (Å²) in [4.78, 5) is 11.9. The van der Waals surface area contributed by atoms with Crippen LogP contribution in [0.3, 0.4) is 0 Å². The topological polar surface area (TPSA) is 54.6 Å². The molecule has 21 heavy (non-hydrogen) atoms. The Morgan fingerprint density at radius 2 is 2.05 bits per heavy atom. The van der Waals surface area contributed by atoms with Gasteiger partial charge in [-0.2, -0.15) is 5.10 Å². The van der Waals surface area contributed by atoms with Crippen LogP contribution in [0.4, 0.5) is 0 Å². The molecular weight excluding hydrogens is 311 g/mol. The molecule has 110 valence electrons. The van der Waals surface area contributed by atoms with Crippen LogP contribution in [0, 0.1) is 6.92 Å². The van der Waals surface area contributed by atoms with Gasteiger partial charge >= 0.3 is 5.91 Å². The molecule has 2 aromatic rings. The third-order valence-corrected chi connectivity index (χ3v) is 3.38. The largest absolute Gasteiger partial charge is 0.456 e. The predicted octanol–water partition coefficient (Wildman–Crippen LogP) is 4.44. The first-order valence-electron chi connectivity index (χ1n) is 6.40. The van der Waals surface area contributed by atoms with Crippen molar-refractivity contribution in [3.63, 3.8) is 0 Å². The molecule has 6 heteroatoms. The van der Waals surface area contributed by atoms with Crippen molar-refractivity contribution in [3.05, 3.63) is 57.5 Å². The van der Waals surface area contributed by atoms with Gasteiger partial charge in [0.1, 0.15) is 5.76 Å². The Kier molecular flexibility index (Phi) is 5.04. The Morgan fingerprint density at radius 1 is 1.29 bits per heavy atom. The lowest BCUT2D eigenvalue weighted by molar-refractivity contribution is 0.0926. The van der Waals surface area contributed by atoms with Gasteiger partial charge in [0.25, 0.3) is 0 Å². The molecule has 0 bridgehead atoms. The number of hydrazone groups is 1. The fourth-order valence-corrected chi connectivity index (χ4v) is 2.30. The summed E-state index contributed by atoms with van der Waals surface area (Å²) in [6.45, 7) is 3.69. The van der Waals surface area contributed by atoms with E-state index in [0.29, 0.717) is 27.9 Å². The van der Waals surface area contributed by atoms with Gasteiger partial charge in [0.2, 0.25) is 0 Å². The molecular formula is C15H14Cl2N2O2. The van der Waals surface area contributed by atoms with E-state index in [1.54, 1.807) is 37.3 Å². The minimum Gasteiger partial charge on any atom is -0.456 e. The summed E-state index contributed by atoms with van der Waals surface area (Å²) in [5.41, 5.74) is 3.86. The van der Waals surface area contributed by atoms with Gasteiger partial charge < -0.3 is 4.42 Å². The number of rotatable bonds is 4. The Balaban J connectivity index is 2.19. The Hall–Kier alpha value is -1.78. The number of benzene rings is 1. The maximum absolute atomic E-state index is 11.9. The molecule has 1 aromatic heterocycles. The monoisotopic (exact) mass is 324 g/mol. The van der Waals surface area contributed by atoms with Gasteiger partial charge in [-0.05, 0) is 37.6 Å². The van der Waals surface area contributed by atoms with Gasteiger partial charge in [0, 0.05) is 10.6 Å². The molecule has 0 aliphatic rings. The molecule has 0 spiro atoms. The molecule has 0 unspecified atom stereocenters. The molecule has 0 aliphatic heterocycles. The number of halogens is 2. The number of carbonyl (C=O) groups is 1. The number of furan rings is 1. The number of hydrogen-bond donors (Lipinski definition) is 1. The SMILES string of the molecule is CC/C(=N\NC(=O)c1ccc(C)o1)c1ccc(Cl)cc1Cl. The first-order chi connectivity index (χ1) is 10.0. The van der Waals surface area contributed by atoms with Crippen molar-refractivity contribution < 1.29 is 9.21 Å². The first-order valence-corrected chi connectivity index (χ1v) is 7.15. The normalized spacial score (nSPS) is 11.5. The van der Waals surface area contributed by atoms with E-state index in [0.717, 1.165) is 5.56 Å². The number of nitrogens with zero attached hydrogens (tertiary/aromatic N) is 1. The summed E-state index contributed by atoms with van der Waals surface area (Å²) in [6.07, 6.45) is 0.610. The van der Waals surface area contributed by atoms with E-state index in [2.05, 4.69) is 10.5 Å². The highest BCUT2D eigenvalue weighted by Crippen LogP contribution is 2.22. The number of carbonyl (C=O) groups excluding carboxylic acids is 1. The number of hydrogen-bond acceptors (Lipinski definition) is 3. The molecule has 2 rings (SSSR count). The van der Waals surface area contributed by atoms with E-state index < -0.39 is 5.91 Å². The Labute approximate surface area is 132 Å². The van der Waals surface area contributed by atoms with Crippen LogP contribution in [0.2, 0.25) is 10.0 Å². The van der Waals surface area contributed by atoms with Crippen LogP contribution in [0.5, 0.6) is 0 Å². The van der Waals surface area contributed by atoms with E-state index in [9.17, 15) is 4.79 Å². The molecule has 4 nitrogen and oxygen atoms in total. The van der Waals surface area contributed by atoms with Gasteiger partial charge in [0.15, 0.2) is 5.76 Å². The maximum Gasteiger partial charge on any atom is 0.307 e. The van der Waals surface area contributed by atoms with Crippen molar-refractivity contribution in [2.45, 2.75) is 20.3 Å². The zero-order chi connectivity index (χ0) is 15.4. The van der Waals surface area contributed by atoms with Crippen molar-refractivity contribution in [3.8, 4) is 0 Å². The van der Waals surface area contributed by atoms with Crippen LogP contribution in [-0.2, 0) is 0 Å². The summed E-state index contributed by atoms with van der Waals surface area (Å²) >= 11 is 12.0. The zero-order valence-corrected chi connectivity index (χ0v) is 13.1. The third-order valence-electron chi connectivity index (χ3n) is 2.83. The van der Waals surface area contributed by atoms with Crippen molar-refractivity contribution in [2.24, 2.45) is 5.10 Å². The lowest BCUT2D eigenvalue weighted by atomic mass is 10.1. The Bertz CT molecular complexity index is 693. The van der Waals surface area contributed by atoms with E-state index in [1.165, 1.54) is 0 Å². The standard InChI is InChI=1S/C15H14Cl2N2O2/c1-3-13(11-6-5-10(16)8-12(11)17)18-19-15(20)14-7-4-9(2)21-14/h4-8H,3H2,1-2H3,(H,19,20)/b18-13+.